The van der Waals surface area contributed by atoms with Gasteiger partial charge in [0, 0.05) is 0 Å². The largest absolute Gasteiger partial charge is 0.463 e. The van der Waals surface area contributed by atoms with E-state index in [0.29, 0.717) is 37.7 Å². The second-order valence-corrected chi connectivity index (χ2v) is 10.7. The maximum absolute atomic E-state index is 14.2. The lowest BCUT2D eigenvalue weighted by molar-refractivity contribution is -0.139. The molecule has 0 N–H and O–H groups in total. The van der Waals surface area contributed by atoms with E-state index in [1.54, 1.807) is 24.5 Å². The summed E-state index contributed by atoms with van der Waals surface area (Å²) in [6.45, 7) is 3.87. The molecule has 0 radical (unpaired) electrons. The van der Waals surface area contributed by atoms with Crippen LogP contribution in [-0.4, -0.2) is 23.9 Å². The molecule has 2 aliphatic rings. The summed E-state index contributed by atoms with van der Waals surface area (Å²) >= 11 is 1.31. The number of hydrogen-bond acceptors (Lipinski definition) is 7. The van der Waals surface area contributed by atoms with Crippen molar-refractivity contribution in [2.75, 3.05) is 13.4 Å². The van der Waals surface area contributed by atoms with Crippen molar-refractivity contribution in [3.8, 4) is 11.5 Å². The Morgan fingerprint density at radius 2 is 1.73 bits per heavy atom. The first kappa shape index (κ1) is 24.4. The van der Waals surface area contributed by atoms with E-state index >= 15 is 0 Å². The fourth-order valence-corrected chi connectivity index (χ4v) is 6.55. The lowest BCUT2D eigenvalue weighted by Crippen LogP contribution is -2.39. The number of ether oxygens (including phenoxy) is 3. The molecule has 198 valence electrons. The predicted molar refractivity (Wildman–Crippen MR) is 154 cm³/mol. The number of esters is 1. The first-order valence-electron chi connectivity index (χ1n) is 13.0. The number of benzene rings is 4. The summed E-state index contributed by atoms with van der Waals surface area (Å²) < 4.78 is 18.7. The van der Waals surface area contributed by atoms with Gasteiger partial charge in [0.05, 0.1) is 28.5 Å². The monoisotopic (exact) mass is 548 g/mol. The van der Waals surface area contributed by atoms with E-state index in [0.717, 1.165) is 27.1 Å². The van der Waals surface area contributed by atoms with Crippen molar-refractivity contribution in [1.29, 1.82) is 0 Å². The fourth-order valence-electron chi connectivity index (χ4n) is 5.53. The molecule has 0 fully saturated rings. The average Bonchev–Trinajstić information content (AvgIpc) is 3.55. The minimum Gasteiger partial charge on any atom is -0.463 e. The summed E-state index contributed by atoms with van der Waals surface area (Å²) in [4.78, 5) is 32.6. The Balaban J connectivity index is 1.49. The molecule has 8 heteroatoms. The molecule has 40 heavy (non-hydrogen) atoms. The number of fused-ring (bicyclic) bond motifs is 4. The van der Waals surface area contributed by atoms with Gasteiger partial charge in [0.15, 0.2) is 16.3 Å². The van der Waals surface area contributed by atoms with Gasteiger partial charge in [0.25, 0.3) is 5.56 Å². The van der Waals surface area contributed by atoms with E-state index in [-0.39, 0.29) is 19.0 Å². The van der Waals surface area contributed by atoms with Crippen molar-refractivity contribution in [2.24, 2.45) is 4.99 Å². The molecule has 7 rings (SSSR count). The van der Waals surface area contributed by atoms with Crippen molar-refractivity contribution in [1.82, 2.24) is 4.57 Å². The first-order chi connectivity index (χ1) is 19.5. The minimum absolute atomic E-state index is 0.125. The predicted octanol–water partition coefficient (Wildman–Crippen LogP) is 4.83. The summed E-state index contributed by atoms with van der Waals surface area (Å²) in [6, 6.07) is 23.3. The van der Waals surface area contributed by atoms with Gasteiger partial charge in [0.1, 0.15) is 0 Å². The van der Waals surface area contributed by atoms with Crippen LogP contribution in [0.3, 0.4) is 0 Å². The van der Waals surface area contributed by atoms with E-state index in [9.17, 15) is 9.59 Å². The SMILES string of the molecule is CCOC(=O)C1=C(C)N=c2sc(=Cc3c4ccccc4cc4ccccc34)c(=O)n2[C@H]1c1ccc2c(c1)OCO2. The highest BCUT2D eigenvalue weighted by molar-refractivity contribution is 7.07. The highest BCUT2D eigenvalue weighted by Gasteiger charge is 2.34. The summed E-state index contributed by atoms with van der Waals surface area (Å²) in [5.74, 6) is 0.692. The number of nitrogens with zero attached hydrogens (tertiary/aromatic N) is 2. The molecular formula is C32H24N2O5S. The van der Waals surface area contributed by atoms with E-state index in [2.05, 4.69) is 30.3 Å². The molecule has 5 aromatic rings. The minimum atomic E-state index is -0.726. The lowest BCUT2D eigenvalue weighted by atomic mass is 9.95. The summed E-state index contributed by atoms with van der Waals surface area (Å²) in [5, 5.41) is 4.31. The Morgan fingerprint density at radius 1 is 1.02 bits per heavy atom. The molecule has 0 saturated carbocycles. The molecule has 0 bridgehead atoms. The maximum atomic E-state index is 14.2. The van der Waals surface area contributed by atoms with Crippen LogP contribution in [-0.2, 0) is 9.53 Å². The Hall–Kier alpha value is -4.69. The number of aromatic nitrogens is 1. The van der Waals surface area contributed by atoms with Crippen molar-refractivity contribution >= 4 is 44.9 Å². The normalized spacial score (nSPS) is 16.4. The van der Waals surface area contributed by atoms with Crippen molar-refractivity contribution in [3.05, 3.63) is 115 Å². The Labute approximate surface area is 232 Å². The van der Waals surface area contributed by atoms with Gasteiger partial charge in [-0.1, -0.05) is 65.9 Å². The highest BCUT2D eigenvalue weighted by Crippen LogP contribution is 2.38. The van der Waals surface area contributed by atoms with Crippen LogP contribution in [0.4, 0.5) is 0 Å². The molecule has 0 spiro atoms. The first-order valence-corrected chi connectivity index (χ1v) is 13.8. The van der Waals surface area contributed by atoms with Crippen LogP contribution in [0.1, 0.15) is 31.0 Å². The average molecular weight is 549 g/mol. The van der Waals surface area contributed by atoms with Crippen LogP contribution in [0.15, 0.2) is 93.9 Å². The molecule has 4 aromatic carbocycles. The highest BCUT2D eigenvalue weighted by atomic mass is 32.1. The standard InChI is InChI=1S/C32H24N2O5S/c1-3-37-31(36)28-18(2)33-32-34(29(28)21-12-13-25-26(15-21)39-17-38-25)30(35)27(40-32)16-24-22-10-6-4-8-19(22)14-20-9-5-7-11-23(20)24/h4-16,29H,3,17H2,1-2H3/t29-/m0/s1. The van der Waals surface area contributed by atoms with Gasteiger partial charge in [-0.05, 0) is 70.8 Å². The molecular weight excluding hydrogens is 524 g/mol. The van der Waals surface area contributed by atoms with Crippen LogP contribution < -0.4 is 24.4 Å². The van der Waals surface area contributed by atoms with Gasteiger partial charge in [-0.2, -0.15) is 0 Å². The van der Waals surface area contributed by atoms with Crippen LogP contribution >= 0.6 is 11.3 Å². The molecule has 0 amide bonds. The number of allylic oxidation sites excluding steroid dienone is 1. The molecule has 2 aliphatic heterocycles. The number of hydrogen-bond donors (Lipinski definition) is 0. The van der Waals surface area contributed by atoms with Crippen LogP contribution in [0.25, 0.3) is 27.6 Å². The summed E-state index contributed by atoms with van der Waals surface area (Å²) in [6.07, 6.45) is 1.95. The number of carbonyl (C=O) groups is 1. The van der Waals surface area contributed by atoms with Gasteiger partial charge in [-0.25, -0.2) is 9.79 Å². The Bertz CT molecular complexity index is 2020. The zero-order valence-electron chi connectivity index (χ0n) is 21.8. The maximum Gasteiger partial charge on any atom is 0.338 e. The summed E-state index contributed by atoms with van der Waals surface area (Å²) in [5.41, 5.74) is 2.31. The molecule has 0 saturated heterocycles. The van der Waals surface area contributed by atoms with Crippen molar-refractivity contribution in [3.63, 3.8) is 0 Å². The van der Waals surface area contributed by atoms with Gasteiger partial charge >= 0.3 is 5.97 Å². The second-order valence-electron chi connectivity index (χ2n) is 9.65. The topological polar surface area (TPSA) is 79.1 Å². The Morgan fingerprint density at radius 3 is 2.45 bits per heavy atom. The number of rotatable bonds is 4. The van der Waals surface area contributed by atoms with Crippen LogP contribution in [0.5, 0.6) is 11.5 Å². The zero-order valence-corrected chi connectivity index (χ0v) is 22.7. The smallest absolute Gasteiger partial charge is 0.338 e. The zero-order chi connectivity index (χ0) is 27.4. The van der Waals surface area contributed by atoms with Crippen molar-refractivity contribution < 1.29 is 19.0 Å². The van der Waals surface area contributed by atoms with Crippen LogP contribution in [0, 0.1) is 0 Å². The third kappa shape index (κ3) is 3.83. The number of thiazole rings is 1. The summed E-state index contributed by atoms with van der Waals surface area (Å²) in [7, 11) is 0. The molecule has 1 atom stereocenters. The lowest BCUT2D eigenvalue weighted by Gasteiger charge is -2.24. The molecule has 0 aliphatic carbocycles. The van der Waals surface area contributed by atoms with Gasteiger partial charge in [-0.15, -0.1) is 0 Å². The van der Waals surface area contributed by atoms with Gasteiger partial charge < -0.3 is 14.2 Å². The molecule has 1 aromatic heterocycles. The van der Waals surface area contributed by atoms with E-state index < -0.39 is 12.0 Å². The van der Waals surface area contributed by atoms with E-state index in [4.69, 9.17) is 19.2 Å². The molecule has 0 unspecified atom stereocenters. The number of carbonyl (C=O) groups excluding carboxylic acids is 1. The van der Waals surface area contributed by atoms with E-state index in [1.165, 1.54) is 11.3 Å². The Kier molecular flexibility index (Phi) is 5.78. The van der Waals surface area contributed by atoms with Gasteiger partial charge in [0.2, 0.25) is 6.79 Å². The second kappa shape index (κ2) is 9.50. The van der Waals surface area contributed by atoms with Crippen LogP contribution in [0.2, 0.25) is 0 Å². The third-order valence-corrected chi connectivity index (χ3v) is 8.30. The quantitative estimate of drug-likeness (QED) is 0.237. The molecule has 7 nitrogen and oxygen atoms in total. The van der Waals surface area contributed by atoms with E-state index in [1.807, 2.05) is 42.5 Å². The van der Waals surface area contributed by atoms with Gasteiger partial charge in [-0.3, -0.25) is 9.36 Å². The molecule has 3 heterocycles. The van der Waals surface area contributed by atoms with Crippen molar-refractivity contribution in [2.45, 2.75) is 19.9 Å². The third-order valence-electron chi connectivity index (χ3n) is 7.32. The fraction of sp³-hybridized carbons (Fsp3) is 0.156.